The second kappa shape index (κ2) is 5.17. The molecule has 0 amide bonds. The Kier molecular flexibility index (Phi) is 4.02. The van der Waals surface area contributed by atoms with E-state index in [2.05, 4.69) is 0 Å². The number of hydroxylamine groups is 2. The summed E-state index contributed by atoms with van der Waals surface area (Å²) in [4.78, 5) is 0. The molecule has 4 atom stereocenters. The van der Waals surface area contributed by atoms with E-state index in [0.717, 1.165) is 17.9 Å². The topological polar surface area (TPSA) is 60.4 Å². The lowest BCUT2D eigenvalue weighted by Crippen LogP contribution is -2.67. The molecule has 0 radical (unpaired) electrons. The molecule has 17 heavy (non-hydrogen) atoms. The van der Waals surface area contributed by atoms with Crippen molar-refractivity contribution in [3.63, 3.8) is 0 Å². The third-order valence-electron chi connectivity index (χ3n) is 3.70. The molecule has 0 spiro atoms. The summed E-state index contributed by atoms with van der Waals surface area (Å²) in [6.45, 7) is 2.81. The van der Waals surface area contributed by atoms with Crippen LogP contribution < -0.4 is 0 Å². The Morgan fingerprint density at radius 2 is 2.18 bits per heavy atom. The number of hydrogen-bond acceptors (Lipinski definition) is 6. The Balaban J connectivity index is 2.17. The molecule has 0 bridgehead atoms. The fourth-order valence-electron chi connectivity index (χ4n) is 2.63. The molecule has 2 fully saturated rings. The molecule has 6 heteroatoms. The molecule has 6 nitrogen and oxygen atoms in total. The zero-order valence-corrected chi connectivity index (χ0v) is 10.6. The fraction of sp³-hybridized carbons (Fsp3) is 1.00. The fourth-order valence-corrected chi connectivity index (χ4v) is 2.63. The predicted octanol–water partition coefficient (Wildman–Crippen LogP) is 0.590. The highest BCUT2D eigenvalue weighted by Crippen LogP contribution is 2.36. The minimum Gasteiger partial charge on any atom is -0.373 e. The first-order chi connectivity index (χ1) is 8.15. The Morgan fingerprint density at radius 3 is 2.71 bits per heavy atom. The van der Waals surface area contributed by atoms with Crippen molar-refractivity contribution in [3.8, 4) is 0 Å². The van der Waals surface area contributed by atoms with Crippen molar-refractivity contribution >= 4 is 0 Å². The average molecular weight is 247 g/mol. The van der Waals surface area contributed by atoms with Gasteiger partial charge in [-0.05, 0) is 19.8 Å². The number of methoxy groups -OCH3 is 2. The summed E-state index contributed by atoms with van der Waals surface area (Å²) in [6.07, 6.45) is 1.26. The van der Waals surface area contributed by atoms with Gasteiger partial charge in [-0.15, -0.1) is 0 Å². The largest absolute Gasteiger partial charge is 0.373 e. The zero-order valence-electron chi connectivity index (χ0n) is 10.6. The van der Waals surface area contributed by atoms with Gasteiger partial charge in [0.15, 0.2) is 6.23 Å². The third-order valence-corrected chi connectivity index (χ3v) is 3.70. The van der Waals surface area contributed by atoms with Crippen LogP contribution in [0, 0.1) is 0 Å². The lowest BCUT2D eigenvalue weighted by Gasteiger charge is -2.49. The summed E-state index contributed by atoms with van der Waals surface area (Å²) in [6, 6.07) is -0.353. The van der Waals surface area contributed by atoms with E-state index in [0.29, 0.717) is 6.61 Å². The van der Waals surface area contributed by atoms with Crippen LogP contribution in [0.5, 0.6) is 0 Å². The Hall–Kier alpha value is -0.240. The minimum atomic E-state index is -0.916. The minimum absolute atomic E-state index is 0.144. The first-order valence-corrected chi connectivity index (χ1v) is 5.96. The smallest absolute Gasteiger partial charge is 0.212 e. The van der Waals surface area contributed by atoms with Crippen molar-refractivity contribution in [1.82, 2.24) is 5.06 Å². The van der Waals surface area contributed by atoms with Crippen molar-refractivity contribution in [2.75, 3.05) is 27.4 Å². The maximum absolute atomic E-state index is 10.1. The number of nitrogens with zero attached hydrogens (tertiary/aromatic N) is 1. The molecule has 2 heterocycles. The van der Waals surface area contributed by atoms with Crippen LogP contribution in [-0.2, 0) is 18.9 Å². The molecule has 0 aromatic carbocycles. The van der Waals surface area contributed by atoms with Crippen LogP contribution >= 0.6 is 0 Å². The molecular weight excluding hydrogens is 226 g/mol. The number of morpholine rings is 1. The molecule has 2 aliphatic rings. The van der Waals surface area contributed by atoms with Crippen LogP contribution in [0.25, 0.3) is 0 Å². The molecule has 0 aromatic heterocycles. The van der Waals surface area contributed by atoms with E-state index in [4.69, 9.17) is 18.9 Å². The second-order valence-corrected chi connectivity index (χ2v) is 4.48. The lowest BCUT2D eigenvalue weighted by molar-refractivity contribution is -0.396. The van der Waals surface area contributed by atoms with E-state index < -0.39 is 12.0 Å². The molecule has 0 saturated carbocycles. The summed E-state index contributed by atoms with van der Waals surface area (Å²) in [5, 5.41) is 11.2. The van der Waals surface area contributed by atoms with Gasteiger partial charge in [0, 0.05) is 20.8 Å². The quantitative estimate of drug-likeness (QED) is 0.787. The highest BCUT2D eigenvalue weighted by Gasteiger charge is 2.54. The number of hydrogen-bond donors (Lipinski definition) is 1. The third kappa shape index (κ3) is 2.09. The monoisotopic (exact) mass is 247 g/mol. The standard InChI is InChI=1S/C11H21NO5/c1-8-11(15-3,9-5-4-6-16-9)17-7-10(14-2)12(8)13/h8-10,13H,4-7H2,1-3H3. The second-order valence-electron chi connectivity index (χ2n) is 4.48. The Morgan fingerprint density at radius 1 is 1.41 bits per heavy atom. The number of ether oxygens (including phenoxy) is 4. The normalized spacial score (nSPS) is 44.1. The van der Waals surface area contributed by atoms with Crippen molar-refractivity contribution in [2.24, 2.45) is 0 Å². The van der Waals surface area contributed by atoms with Crippen molar-refractivity contribution < 1.29 is 24.2 Å². The lowest BCUT2D eigenvalue weighted by atomic mass is 9.97. The van der Waals surface area contributed by atoms with Gasteiger partial charge in [-0.2, -0.15) is 5.06 Å². The van der Waals surface area contributed by atoms with Gasteiger partial charge in [-0.1, -0.05) is 0 Å². The average Bonchev–Trinajstić information content (AvgIpc) is 2.87. The zero-order chi connectivity index (χ0) is 12.5. The van der Waals surface area contributed by atoms with E-state index in [1.807, 2.05) is 6.92 Å². The van der Waals surface area contributed by atoms with Gasteiger partial charge in [0.05, 0.1) is 12.6 Å². The van der Waals surface area contributed by atoms with Gasteiger partial charge in [0.2, 0.25) is 5.79 Å². The summed E-state index contributed by atoms with van der Waals surface area (Å²) >= 11 is 0. The van der Waals surface area contributed by atoms with Crippen LogP contribution in [0.1, 0.15) is 19.8 Å². The molecule has 4 unspecified atom stereocenters. The Bertz CT molecular complexity index is 258. The van der Waals surface area contributed by atoms with Crippen molar-refractivity contribution in [3.05, 3.63) is 0 Å². The molecule has 0 aliphatic carbocycles. The first kappa shape index (κ1) is 13.2. The highest BCUT2D eigenvalue weighted by atomic mass is 16.7. The molecule has 100 valence electrons. The maximum atomic E-state index is 10.1. The van der Waals surface area contributed by atoms with Crippen LogP contribution in [0.3, 0.4) is 0 Å². The van der Waals surface area contributed by atoms with Gasteiger partial charge in [-0.3, -0.25) is 0 Å². The SMILES string of the molecule is COC1COC(OC)(C2CCCO2)C(C)N1O. The van der Waals surface area contributed by atoms with Gasteiger partial charge in [0.1, 0.15) is 6.10 Å². The summed E-state index contributed by atoms with van der Waals surface area (Å²) in [5.74, 6) is -0.916. The van der Waals surface area contributed by atoms with E-state index in [9.17, 15) is 5.21 Å². The van der Waals surface area contributed by atoms with Gasteiger partial charge in [0.25, 0.3) is 0 Å². The van der Waals surface area contributed by atoms with Crippen LogP contribution in [0.2, 0.25) is 0 Å². The van der Waals surface area contributed by atoms with Crippen LogP contribution in [-0.4, -0.2) is 61.9 Å². The van der Waals surface area contributed by atoms with Gasteiger partial charge >= 0.3 is 0 Å². The molecule has 2 rings (SSSR count). The summed E-state index contributed by atoms with van der Waals surface area (Å²) in [5.41, 5.74) is 0. The molecule has 0 aromatic rings. The summed E-state index contributed by atoms with van der Waals surface area (Å²) in [7, 11) is 3.12. The maximum Gasteiger partial charge on any atom is 0.212 e. The van der Waals surface area contributed by atoms with E-state index in [1.165, 1.54) is 7.11 Å². The van der Waals surface area contributed by atoms with Crippen molar-refractivity contribution in [2.45, 2.75) is 43.9 Å². The van der Waals surface area contributed by atoms with Crippen LogP contribution in [0.4, 0.5) is 0 Å². The predicted molar refractivity (Wildman–Crippen MR) is 58.6 cm³/mol. The molecule has 2 saturated heterocycles. The van der Waals surface area contributed by atoms with E-state index in [-0.39, 0.29) is 18.8 Å². The van der Waals surface area contributed by atoms with E-state index in [1.54, 1.807) is 7.11 Å². The number of rotatable bonds is 3. The van der Waals surface area contributed by atoms with Gasteiger partial charge < -0.3 is 24.2 Å². The first-order valence-electron chi connectivity index (χ1n) is 5.96. The Labute approximate surface area is 101 Å². The molecular formula is C11H21NO5. The van der Waals surface area contributed by atoms with E-state index >= 15 is 0 Å². The highest BCUT2D eigenvalue weighted by molar-refractivity contribution is 4.94. The molecule has 1 N–H and O–H groups in total. The van der Waals surface area contributed by atoms with Crippen LogP contribution in [0.15, 0.2) is 0 Å². The summed E-state index contributed by atoms with van der Waals surface area (Å²) < 4.78 is 22.1. The van der Waals surface area contributed by atoms with Gasteiger partial charge in [-0.25, -0.2) is 0 Å². The molecule has 2 aliphatic heterocycles. The van der Waals surface area contributed by atoms with Crippen molar-refractivity contribution in [1.29, 1.82) is 0 Å².